The van der Waals surface area contributed by atoms with E-state index >= 15 is 0 Å². The Morgan fingerprint density at radius 1 is 0.966 bits per heavy atom. The third-order valence-corrected chi connectivity index (χ3v) is 3.89. The van der Waals surface area contributed by atoms with Gasteiger partial charge >= 0.3 is 12.1 Å². The molecule has 4 aromatic rings. The lowest BCUT2D eigenvalue weighted by Crippen LogP contribution is -2.23. The number of fused-ring (bicyclic) bond motifs is 2. The molecule has 0 aliphatic carbocycles. The van der Waals surface area contributed by atoms with Gasteiger partial charge in [-0.3, -0.25) is 15.0 Å². The number of nitrogens with zero attached hydrogens (tertiary/aromatic N) is 2. The number of hydrogen-bond donors (Lipinski definition) is 4. The van der Waals surface area contributed by atoms with Gasteiger partial charge in [-0.1, -0.05) is 36.4 Å². The first kappa shape index (κ1) is 19.9. The average molecular weight is 405 g/mol. The number of amides is 1. The van der Waals surface area contributed by atoms with E-state index in [9.17, 15) is 18.0 Å². The third kappa shape index (κ3) is 4.51. The van der Waals surface area contributed by atoms with Crippen LogP contribution in [0.25, 0.3) is 21.8 Å². The Bertz CT molecular complexity index is 1170. The number of carbonyl (C=O) groups is 2. The van der Waals surface area contributed by atoms with Crippen LogP contribution in [-0.2, 0) is 11.3 Å². The Morgan fingerprint density at radius 3 is 2.28 bits per heavy atom. The van der Waals surface area contributed by atoms with E-state index < -0.39 is 12.1 Å². The van der Waals surface area contributed by atoms with Gasteiger partial charge in [0, 0.05) is 10.8 Å². The summed E-state index contributed by atoms with van der Waals surface area (Å²) in [5, 5.41) is 26.0. The molecule has 0 bridgehead atoms. The van der Waals surface area contributed by atoms with Crippen LogP contribution in [0.4, 0.5) is 13.2 Å². The highest BCUT2D eigenvalue weighted by molar-refractivity contribution is 6.04. The van der Waals surface area contributed by atoms with Crippen molar-refractivity contribution in [2.24, 2.45) is 0 Å². The average Bonchev–Trinajstić information content (AvgIpc) is 3.30. The van der Waals surface area contributed by atoms with Gasteiger partial charge in [0.05, 0.1) is 23.3 Å². The molecule has 11 heteroatoms. The molecule has 0 saturated carbocycles. The van der Waals surface area contributed by atoms with Crippen molar-refractivity contribution >= 4 is 33.7 Å². The molecule has 0 saturated heterocycles. The largest absolute Gasteiger partial charge is 0.490 e. The Balaban J connectivity index is 0.000000298. The number of carboxylic acids is 1. The standard InChI is InChI=1S/C16H13N5O.C2HF3O2/c22-16(15-11-6-2-4-8-13(11)19-21-15)17-9-14-10-5-1-3-7-12(10)18-20-14;3-2(4,5)1(6)7/h1-8H,9H2,(H,17,22)(H,18,20)(H,19,21);(H,6,7). The van der Waals surface area contributed by atoms with Gasteiger partial charge in [-0.2, -0.15) is 23.4 Å². The molecule has 4 N–H and O–H groups in total. The van der Waals surface area contributed by atoms with E-state index in [1.54, 1.807) is 0 Å². The van der Waals surface area contributed by atoms with Crippen molar-refractivity contribution in [1.82, 2.24) is 25.7 Å². The van der Waals surface area contributed by atoms with Gasteiger partial charge in [0.2, 0.25) is 0 Å². The highest BCUT2D eigenvalue weighted by Crippen LogP contribution is 2.17. The molecule has 29 heavy (non-hydrogen) atoms. The van der Waals surface area contributed by atoms with Crippen LogP contribution in [0, 0.1) is 0 Å². The van der Waals surface area contributed by atoms with E-state index in [0.717, 1.165) is 27.5 Å². The Kier molecular flexibility index (Phi) is 5.48. The van der Waals surface area contributed by atoms with Gasteiger partial charge in [-0.25, -0.2) is 4.79 Å². The fraction of sp³-hybridized carbons (Fsp3) is 0.111. The molecule has 0 aliphatic rings. The van der Waals surface area contributed by atoms with Crippen molar-refractivity contribution in [1.29, 1.82) is 0 Å². The van der Waals surface area contributed by atoms with Crippen molar-refractivity contribution in [2.45, 2.75) is 12.7 Å². The van der Waals surface area contributed by atoms with Gasteiger partial charge < -0.3 is 10.4 Å². The number of aromatic amines is 2. The molecule has 0 radical (unpaired) electrons. The van der Waals surface area contributed by atoms with Crippen LogP contribution in [0.3, 0.4) is 0 Å². The van der Waals surface area contributed by atoms with Gasteiger partial charge in [0.1, 0.15) is 0 Å². The number of para-hydroxylation sites is 2. The highest BCUT2D eigenvalue weighted by Gasteiger charge is 2.38. The molecule has 2 aromatic heterocycles. The fourth-order valence-electron chi connectivity index (χ4n) is 2.54. The van der Waals surface area contributed by atoms with Gasteiger partial charge in [0.25, 0.3) is 5.91 Å². The second-order valence-corrected chi connectivity index (χ2v) is 5.82. The molecule has 2 heterocycles. The Labute approximate surface area is 160 Å². The maximum absolute atomic E-state index is 12.3. The summed E-state index contributed by atoms with van der Waals surface area (Å²) in [7, 11) is 0. The van der Waals surface area contributed by atoms with E-state index in [0.29, 0.717) is 12.2 Å². The minimum absolute atomic E-state index is 0.212. The van der Waals surface area contributed by atoms with Crippen molar-refractivity contribution in [2.75, 3.05) is 0 Å². The molecule has 8 nitrogen and oxygen atoms in total. The molecule has 0 unspecified atom stereocenters. The van der Waals surface area contributed by atoms with Crippen molar-refractivity contribution in [3.8, 4) is 0 Å². The predicted octanol–water partition coefficient (Wildman–Crippen LogP) is 3.00. The summed E-state index contributed by atoms with van der Waals surface area (Å²) in [6, 6.07) is 15.3. The molecule has 2 aromatic carbocycles. The first-order chi connectivity index (χ1) is 13.8. The number of carboxylic acid groups (broad SMARTS) is 1. The number of hydrogen-bond acceptors (Lipinski definition) is 4. The summed E-state index contributed by atoms with van der Waals surface area (Å²) >= 11 is 0. The maximum atomic E-state index is 12.3. The Morgan fingerprint density at radius 2 is 1.59 bits per heavy atom. The van der Waals surface area contributed by atoms with Gasteiger partial charge in [-0.15, -0.1) is 0 Å². The number of halogens is 3. The molecule has 150 valence electrons. The van der Waals surface area contributed by atoms with Crippen molar-refractivity contribution < 1.29 is 27.9 Å². The predicted molar refractivity (Wildman–Crippen MR) is 97.0 cm³/mol. The lowest BCUT2D eigenvalue weighted by Gasteiger charge is -2.02. The number of aromatic nitrogens is 4. The summed E-state index contributed by atoms with van der Waals surface area (Å²) in [4.78, 5) is 21.2. The summed E-state index contributed by atoms with van der Waals surface area (Å²) < 4.78 is 31.7. The van der Waals surface area contributed by atoms with E-state index in [4.69, 9.17) is 9.90 Å². The molecule has 0 aliphatic heterocycles. The summed E-state index contributed by atoms with van der Waals surface area (Å²) in [5.41, 5.74) is 3.01. The van der Waals surface area contributed by atoms with Crippen LogP contribution < -0.4 is 5.32 Å². The number of H-pyrrole nitrogens is 2. The number of nitrogens with one attached hydrogen (secondary N) is 3. The van der Waals surface area contributed by atoms with Crippen molar-refractivity contribution in [3.63, 3.8) is 0 Å². The van der Waals surface area contributed by atoms with Crippen LogP contribution in [0.5, 0.6) is 0 Å². The summed E-state index contributed by atoms with van der Waals surface area (Å²) in [6.45, 7) is 0.376. The molecular weight excluding hydrogens is 391 g/mol. The number of carbonyl (C=O) groups excluding carboxylic acids is 1. The monoisotopic (exact) mass is 405 g/mol. The van der Waals surface area contributed by atoms with E-state index in [-0.39, 0.29) is 5.91 Å². The Hall–Kier alpha value is -3.89. The van der Waals surface area contributed by atoms with E-state index in [2.05, 4.69) is 25.7 Å². The topological polar surface area (TPSA) is 124 Å². The normalized spacial score (nSPS) is 11.1. The zero-order valence-electron chi connectivity index (χ0n) is 14.6. The summed E-state index contributed by atoms with van der Waals surface area (Å²) in [6.07, 6.45) is -5.08. The van der Waals surface area contributed by atoms with Crippen LogP contribution >= 0.6 is 0 Å². The second-order valence-electron chi connectivity index (χ2n) is 5.82. The van der Waals surface area contributed by atoms with Crippen LogP contribution in [0.1, 0.15) is 16.2 Å². The first-order valence-corrected chi connectivity index (χ1v) is 8.21. The maximum Gasteiger partial charge on any atom is 0.490 e. The second kappa shape index (κ2) is 8.00. The minimum Gasteiger partial charge on any atom is -0.475 e. The highest BCUT2D eigenvalue weighted by atomic mass is 19.4. The zero-order chi connectivity index (χ0) is 21.0. The lowest BCUT2D eigenvalue weighted by molar-refractivity contribution is -0.192. The molecule has 0 atom stereocenters. The minimum atomic E-state index is -5.08. The van der Waals surface area contributed by atoms with Gasteiger partial charge in [-0.05, 0) is 12.1 Å². The smallest absolute Gasteiger partial charge is 0.475 e. The molecule has 0 fully saturated rings. The van der Waals surface area contributed by atoms with Crippen LogP contribution in [0.15, 0.2) is 48.5 Å². The van der Waals surface area contributed by atoms with Gasteiger partial charge in [0.15, 0.2) is 5.69 Å². The zero-order valence-corrected chi connectivity index (χ0v) is 14.6. The lowest BCUT2D eigenvalue weighted by atomic mass is 10.2. The van der Waals surface area contributed by atoms with E-state index in [1.807, 2.05) is 48.5 Å². The van der Waals surface area contributed by atoms with E-state index in [1.165, 1.54) is 0 Å². The molecule has 1 amide bonds. The SMILES string of the molecule is O=C(NCc1[nH]nc2ccccc12)c1n[nH]c2ccccc12.O=C(O)C(F)(F)F. The van der Waals surface area contributed by atoms with Crippen molar-refractivity contribution in [3.05, 3.63) is 59.9 Å². The fourth-order valence-corrected chi connectivity index (χ4v) is 2.54. The number of rotatable bonds is 3. The number of aliphatic carboxylic acids is 1. The molecular formula is C18H14F3N5O3. The third-order valence-electron chi connectivity index (χ3n) is 3.89. The summed E-state index contributed by atoms with van der Waals surface area (Å²) in [5.74, 6) is -2.97. The first-order valence-electron chi connectivity index (χ1n) is 8.21. The number of benzene rings is 2. The molecule has 0 spiro atoms. The quantitative estimate of drug-likeness (QED) is 0.417. The molecule has 4 rings (SSSR count). The van der Waals surface area contributed by atoms with Crippen LogP contribution in [-0.4, -0.2) is 43.6 Å². The number of alkyl halides is 3. The van der Waals surface area contributed by atoms with Crippen LogP contribution in [0.2, 0.25) is 0 Å².